The molecule has 0 aromatic rings. The molecule has 58 valence electrons. The molecule has 0 saturated heterocycles. The van der Waals surface area contributed by atoms with Gasteiger partial charge in [-0.3, -0.25) is 14.9 Å². The van der Waals surface area contributed by atoms with Crippen LogP contribution >= 0.6 is 31.9 Å². The highest BCUT2D eigenvalue weighted by Gasteiger charge is 2.37. The molecule has 0 saturated carbocycles. The lowest BCUT2D eigenvalue weighted by Gasteiger charge is -2.08. The Morgan fingerprint density at radius 2 is 2.20 bits per heavy atom. The summed E-state index contributed by atoms with van der Waals surface area (Å²) < 4.78 is 2.59. The number of hydrogen-bond donors (Lipinski definition) is 0. The summed E-state index contributed by atoms with van der Waals surface area (Å²) in [5.41, 5.74) is 0. The van der Waals surface area contributed by atoms with Crippen LogP contribution in [0.4, 0.5) is 0 Å². The maximum absolute atomic E-state index is 10.0. The van der Waals surface area contributed by atoms with Crippen molar-refractivity contribution in [2.75, 3.05) is 6.61 Å². The number of ether oxygens (including phenoxy) is 1. The lowest BCUT2D eigenvalue weighted by Crippen LogP contribution is -2.29. The van der Waals surface area contributed by atoms with E-state index >= 15 is 0 Å². The fourth-order valence-electron chi connectivity index (χ4n) is 0.187. The maximum atomic E-state index is 10.0. The van der Waals surface area contributed by atoms with E-state index in [0.29, 0.717) is 0 Å². The van der Waals surface area contributed by atoms with E-state index in [1.165, 1.54) is 0 Å². The van der Waals surface area contributed by atoms with Gasteiger partial charge in [-0.15, -0.1) is 0 Å². The minimum absolute atomic E-state index is 0.140. The van der Waals surface area contributed by atoms with Gasteiger partial charge in [-0.05, 0) is 0 Å². The molecule has 0 radical (unpaired) electrons. The van der Waals surface area contributed by atoms with Gasteiger partial charge in [0.05, 0.1) is 4.92 Å². The van der Waals surface area contributed by atoms with Gasteiger partial charge >= 0.3 is 3.36 Å². The van der Waals surface area contributed by atoms with Crippen LogP contribution < -0.4 is 0 Å². The molecule has 0 heterocycles. The van der Waals surface area contributed by atoms with Crippen molar-refractivity contribution >= 4 is 38.3 Å². The fourth-order valence-corrected chi connectivity index (χ4v) is 0.451. The molecule has 0 fully saturated rings. The van der Waals surface area contributed by atoms with Gasteiger partial charge in [-0.1, -0.05) is 0 Å². The Morgan fingerprint density at radius 1 is 1.70 bits per heavy atom. The van der Waals surface area contributed by atoms with Gasteiger partial charge in [0, 0.05) is 31.9 Å². The first-order valence-electron chi connectivity index (χ1n) is 2.08. The number of nitrogens with zero attached hydrogens (tertiary/aromatic N) is 1. The molecule has 0 unspecified atom stereocenters. The monoisotopic (exact) mass is 275 g/mol. The molecular formula is C3H3Br2NO4. The predicted molar refractivity (Wildman–Crippen MR) is 39.6 cm³/mol. The summed E-state index contributed by atoms with van der Waals surface area (Å²) in [7, 11) is 0. The molecule has 10 heavy (non-hydrogen) atoms. The Morgan fingerprint density at radius 3 is 2.50 bits per heavy atom. The van der Waals surface area contributed by atoms with Gasteiger partial charge in [-0.25, -0.2) is 0 Å². The van der Waals surface area contributed by atoms with Crippen LogP contribution in [0.25, 0.3) is 0 Å². The van der Waals surface area contributed by atoms with E-state index in [1.54, 1.807) is 0 Å². The third-order valence-electron chi connectivity index (χ3n) is 0.592. The molecule has 0 aliphatic carbocycles. The number of halogens is 2. The summed E-state index contributed by atoms with van der Waals surface area (Å²) >= 11 is 5.36. The Kier molecular flexibility index (Phi) is 3.80. The van der Waals surface area contributed by atoms with E-state index < -0.39 is 8.28 Å². The number of nitro groups is 1. The van der Waals surface area contributed by atoms with Crippen molar-refractivity contribution in [2.45, 2.75) is 3.36 Å². The predicted octanol–water partition coefficient (Wildman–Crippen LogP) is 0.880. The molecule has 0 amide bonds. The van der Waals surface area contributed by atoms with Crippen molar-refractivity contribution in [3.63, 3.8) is 0 Å². The molecule has 0 aliphatic rings. The average molecular weight is 277 g/mol. The molecule has 0 atom stereocenters. The maximum Gasteiger partial charge on any atom is 0.360 e. The second-order valence-electron chi connectivity index (χ2n) is 1.33. The minimum Gasteiger partial charge on any atom is -0.458 e. The van der Waals surface area contributed by atoms with E-state index in [1.807, 2.05) is 0 Å². The fraction of sp³-hybridized carbons (Fsp3) is 0.667. The van der Waals surface area contributed by atoms with Gasteiger partial charge in [-0.2, -0.15) is 0 Å². The first-order valence-corrected chi connectivity index (χ1v) is 3.67. The van der Waals surface area contributed by atoms with Crippen LogP contribution in [0.2, 0.25) is 0 Å². The topological polar surface area (TPSA) is 69.4 Å². The number of alkyl halides is 2. The van der Waals surface area contributed by atoms with Crippen LogP contribution in [-0.2, 0) is 9.53 Å². The highest BCUT2D eigenvalue weighted by Crippen LogP contribution is 2.26. The molecule has 5 nitrogen and oxygen atoms in total. The zero-order valence-electron chi connectivity index (χ0n) is 4.62. The summed E-state index contributed by atoms with van der Waals surface area (Å²) in [5, 5.41) is 10.0. The smallest absolute Gasteiger partial charge is 0.360 e. The van der Waals surface area contributed by atoms with Gasteiger partial charge in [0.25, 0.3) is 6.47 Å². The first-order chi connectivity index (χ1) is 4.50. The van der Waals surface area contributed by atoms with Gasteiger partial charge in [0.1, 0.15) is 0 Å². The van der Waals surface area contributed by atoms with Crippen LogP contribution in [0, 0.1) is 10.1 Å². The lowest BCUT2D eigenvalue weighted by molar-refractivity contribution is -0.506. The zero-order valence-corrected chi connectivity index (χ0v) is 7.79. The Bertz CT molecular complexity index is 147. The molecule has 0 rings (SSSR count). The molecule has 0 bridgehead atoms. The van der Waals surface area contributed by atoms with Crippen molar-refractivity contribution in [3.8, 4) is 0 Å². The number of rotatable bonds is 4. The first kappa shape index (κ1) is 9.83. The number of hydrogen-bond acceptors (Lipinski definition) is 4. The molecule has 0 N–H and O–H groups in total. The SMILES string of the molecule is O=COCC(Br)(Br)[N+](=O)[O-]. The van der Waals surface area contributed by atoms with Gasteiger partial charge in [0.15, 0.2) is 6.61 Å². The summed E-state index contributed by atoms with van der Waals surface area (Å²) in [6, 6.07) is 0. The van der Waals surface area contributed by atoms with E-state index in [-0.39, 0.29) is 13.1 Å². The summed E-state index contributed by atoms with van der Waals surface area (Å²) in [6.07, 6.45) is 0. The molecule has 0 spiro atoms. The molecular weight excluding hydrogens is 274 g/mol. The Balaban J connectivity index is 3.86. The molecule has 7 heteroatoms. The van der Waals surface area contributed by atoms with Gasteiger partial charge in [0.2, 0.25) is 0 Å². The van der Waals surface area contributed by atoms with E-state index in [2.05, 4.69) is 36.6 Å². The second-order valence-corrected chi connectivity index (χ2v) is 5.02. The highest BCUT2D eigenvalue weighted by molar-refractivity contribution is 9.25. The molecule has 0 aliphatic heterocycles. The zero-order chi connectivity index (χ0) is 8.20. The van der Waals surface area contributed by atoms with Crippen molar-refractivity contribution in [1.82, 2.24) is 0 Å². The Hall–Kier alpha value is -0.170. The Labute approximate surface area is 73.1 Å². The van der Waals surface area contributed by atoms with Crippen molar-refractivity contribution in [1.29, 1.82) is 0 Å². The standard InChI is InChI=1S/C3H3Br2NO4/c4-3(5,6(8)9)1-10-2-7/h2H,1H2. The number of carbonyl (C=O) groups is 1. The third kappa shape index (κ3) is 3.11. The van der Waals surface area contributed by atoms with Crippen LogP contribution in [0.15, 0.2) is 0 Å². The normalized spacial score (nSPS) is 10.6. The molecule has 0 aromatic heterocycles. The van der Waals surface area contributed by atoms with Crippen molar-refractivity contribution in [3.05, 3.63) is 10.1 Å². The van der Waals surface area contributed by atoms with Crippen LogP contribution in [0.1, 0.15) is 0 Å². The highest BCUT2D eigenvalue weighted by atomic mass is 79.9. The van der Waals surface area contributed by atoms with E-state index in [9.17, 15) is 14.9 Å². The van der Waals surface area contributed by atoms with Gasteiger partial charge < -0.3 is 4.74 Å². The molecule has 0 aromatic carbocycles. The van der Waals surface area contributed by atoms with E-state index in [0.717, 1.165) is 0 Å². The van der Waals surface area contributed by atoms with Crippen molar-refractivity contribution < 1.29 is 14.5 Å². The minimum atomic E-state index is -1.55. The van der Waals surface area contributed by atoms with E-state index in [4.69, 9.17) is 0 Å². The lowest BCUT2D eigenvalue weighted by atomic mass is 10.7. The van der Waals surface area contributed by atoms with Crippen LogP contribution in [-0.4, -0.2) is 21.4 Å². The van der Waals surface area contributed by atoms with Crippen LogP contribution in [0.3, 0.4) is 0 Å². The summed E-state index contributed by atoms with van der Waals surface area (Å²) in [5.74, 6) is 0. The number of carbonyl (C=O) groups excluding carboxylic acids is 1. The summed E-state index contributed by atoms with van der Waals surface area (Å²) in [4.78, 5) is 19.0. The largest absolute Gasteiger partial charge is 0.458 e. The average Bonchev–Trinajstić information content (AvgIpc) is 1.84. The van der Waals surface area contributed by atoms with Crippen molar-refractivity contribution in [2.24, 2.45) is 0 Å². The summed E-state index contributed by atoms with van der Waals surface area (Å²) in [6.45, 7) is -0.218. The second kappa shape index (κ2) is 3.87. The third-order valence-corrected chi connectivity index (χ3v) is 1.63. The quantitative estimate of drug-likeness (QED) is 0.251. The van der Waals surface area contributed by atoms with Crippen LogP contribution in [0.5, 0.6) is 0 Å².